The summed E-state index contributed by atoms with van der Waals surface area (Å²) in [6.07, 6.45) is 0.452. The molecular weight excluding hydrogens is 436 g/mol. The van der Waals surface area contributed by atoms with Gasteiger partial charge in [0.1, 0.15) is 6.54 Å². The van der Waals surface area contributed by atoms with Gasteiger partial charge in [0.2, 0.25) is 12.6 Å². The Labute approximate surface area is 194 Å². The first-order valence-electron chi connectivity index (χ1n) is 10.6. The Bertz CT molecular complexity index is 1380. The second-order valence-corrected chi connectivity index (χ2v) is 7.64. The van der Waals surface area contributed by atoms with E-state index in [0.29, 0.717) is 28.2 Å². The number of hydrogen-bond donors (Lipinski definition) is 2. The Kier molecular flexibility index (Phi) is 5.70. The van der Waals surface area contributed by atoms with Gasteiger partial charge in [-0.1, -0.05) is 48.5 Å². The highest BCUT2D eigenvalue weighted by molar-refractivity contribution is 6.10. The van der Waals surface area contributed by atoms with E-state index in [9.17, 15) is 14.4 Å². The maximum absolute atomic E-state index is 13.4. The number of esters is 1. The Morgan fingerprint density at radius 3 is 2.56 bits per heavy atom. The maximum Gasteiger partial charge on any atom is 0.326 e. The number of amides is 1. The molecule has 3 aromatic carbocycles. The van der Waals surface area contributed by atoms with E-state index >= 15 is 0 Å². The normalized spacial score (nSPS) is 12.8. The number of ether oxygens (including phenoxy) is 3. The number of nitrogens with one attached hydrogen (secondary N) is 2. The molecule has 0 aliphatic carbocycles. The highest BCUT2D eigenvalue weighted by atomic mass is 16.7. The van der Waals surface area contributed by atoms with Crippen LogP contribution in [0.1, 0.15) is 32.4 Å². The third-order valence-corrected chi connectivity index (χ3v) is 5.47. The van der Waals surface area contributed by atoms with Crippen molar-refractivity contribution in [3.8, 4) is 11.5 Å². The van der Waals surface area contributed by atoms with E-state index in [2.05, 4.69) is 10.3 Å². The molecule has 1 aliphatic rings. The maximum atomic E-state index is 13.4. The van der Waals surface area contributed by atoms with Crippen molar-refractivity contribution in [1.29, 1.82) is 0 Å². The van der Waals surface area contributed by atoms with Crippen molar-refractivity contribution >= 4 is 28.6 Å². The van der Waals surface area contributed by atoms with Crippen LogP contribution in [0.15, 0.2) is 79.0 Å². The molecule has 1 unspecified atom stereocenters. The molecule has 0 bridgehead atoms. The number of para-hydroxylation sites is 1. The van der Waals surface area contributed by atoms with Gasteiger partial charge in [0.15, 0.2) is 17.6 Å². The molecule has 170 valence electrons. The Morgan fingerprint density at radius 2 is 1.71 bits per heavy atom. The predicted octanol–water partition coefficient (Wildman–Crippen LogP) is 3.79. The number of carbonyl (C=O) groups excluding carboxylic acids is 3. The highest BCUT2D eigenvalue weighted by Gasteiger charge is 2.28. The van der Waals surface area contributed by atoms with Crippen molar-refractivity contribution in [2.75, 3.05) is 13.3 Å². The van der Waals surface area contributed by atoms with Crippen molar-refractivity contribution in [3.05, 3.63) is 95.7 Å². The molecule has 2 N–H and O–H groups in total. The van der Waals surface area contributed by atoms with E-state index in [-0.39, 0.29) is 12.6 Å². The number of hydrogen-bond acceptors (Lipinski definition) is 6. The van der Waals surface area contributed by atoms with E-state index < -0.39 is 24.5 Å². The number of benzene rings is 3. The molecule has 34 heavy (non-hydrogen) atoms. The molecular formula is C26H20N2O6. The Morgan fingerprint density at radius 1 is 0.941 bits per heavy atom. The van der Waals surface area contributed by atoms with Gasteiger partial charge in [-0.25, -0.2) is 0 Å². The smallest absolute Gasteiger partial charge is 0.326 e. The van der Waals surface area contributed by atoms with Crippen LogP contribution < -0.4 is 14.8 Å². The molecule has 8 heteroatoms. The van der Waals surface area contributed by atoms with Crippen molar-refractivity contribution in [2.45, 2.75) is 6.10 Å². The van der Waals surface area contributed by atoms with Crippen LogP contribution in [0.4, 0.5) is 0 Å². The Hall–Kier alpha value is -4.59. The summed E-state index contributed by atoms with van der Waals surface area (Å²) in [6, 6.07) is 20.9. The van der Waals surface area contributed by atoms with E-state index in [1.54, 1.807) is 42.6 Å². The van der Waals surface area contributed by atoms with E-state index in [1.165, 1.54) is 6.07 Å². The summed E-state index contributed by atoms with van der Waals surface area (Å²) in [7, 11) is 0. The molecule has 1 atom stereocenters. The summed E-state index contributed by atoms with van der Waals surface area (Å²) in [6.45, 7) is -0.310. The summed E-state index contributed by atoms with van der Waals surface area (Å²) < 4.78 is 16.1. The molecule has 1 aliphatic heterocycles. The van der Waals surface area contributed by atoms with E-state index in [0.717, 1.165) is 10.9 Å². The lowest BCUT2D eigenvalue weighted by atomic mass is 9.99. The van der Waals surface area contributed by atoms with Gasteiger partial charge < -0.3 is 24.5 Å². The average Bonchev–Trinajstić information content (AvgIpc) is 3.52. The summed E-state index contributed by atoms with van der Waals surface area (Å²) in [5, 5.41) is 3.26. The first-order valence-corrected chi connectivity index (χ1v) is 10.6. The quantitative estimate of drug-likeness (QED) is 0.324. The largest absolute Gasteiger partial charge is 0.454 e. The molecule has 1 amide bonds. The van der Waals surface area contributed by atoms with Crippen LogP contribution in [-0.4, -0.2) is 36.0 Å². The standard InChI is InChI=1S/C26H20N2O6/c29-23(14-28-26(31)17-10-11-21-22(12-17)33-15-32-21)34-25(16-6-2-1-3-7-16)24(30)19-13-27-20-9-5-4-8-18(19)20/h1-13,25,27H,14-15H2,(H,28,31). The SMILES string of the molecule is O=C(CNC(=O)c1ccc2c(c1)OCO2)OC(C(=O)c1c[nH]c2ccccc12)c1ccccc1. The molecule has 0 radical (unpaired) electrons. The third kappa shape index (κ3) is 4.21. The van der Waals surface area contributed by atoms with Gasteiger partial charge in [0, 0.05) is 33.8 Å². The topological polar surface area (TPSA) is 107 Å². The predicted molar refractivity (Wildman–Crippen MR) is 123 cm³/mol. The van der Waals surface area contributed by atoms with Gasteiger partial charge in [0.25, 0.3) is 5.91 Å². The zero-order valence-electron chi connectivity index (χ0n) is 17.9. The molecule has 1 aromatic heterocycles. The van der Waals surface area contributed by atoms with E-state index in [4.69, 9.17) is 14.2 Å². The van der Waals surface area contributed by atoms with Crippen LogP contribution in [0.3, 0.4) is 0 Å². The zero-order valence-corrected chi connectivity index (χ0v) is 17.9. The number of Topliss-reactive ketones (excluding diaryl/α,β-unsaturated/α-hetero) is 1. The van der Waals surface area contributed by atoms with Gasteiger partial charge >= 0.3 is 5.97 Å². The van der Waals surface area contributed by atoms with Crippen molar-refractivity contribution < 1.29 is 28.6 Å². The number of ketones is 1. The molecule has 8 nitrogen and oxygen atoms in total. The number of rotatable bonds is 7. The molecule has 0 fully saturated rings. The van der Waals surface area contributed by atoms with Gasteiger partial charge in [-0.15, -0.1) is 0 Å². The number of carbonyl (C=O) groups is 3. The van der Waals surface area contributed by atoms with Crippen LogP contribution >= 0.6 is 0 Å². The van der Waals surface area contributed by atoms with Crippen molar-refractivity contribution in [1.82, 2.24) is 10.3 Å². The number of aromatic amines is 1. The lowest BCUT2D eigenvalue weighted by Crippen LogP contribution is -2.32. The number of aromatic nitrogens is 1. The van der Waals surface area contributed by atoms with Crippen LogP contribution in [0, 0.1) is 0 Å². The zero-order chi connectivity index (χ0) is 23.5. The summed E-state index contributed by atoms with van der Waals surface area (Å²) in [5.41, 5.74) is 2.07. The van der Waals surface area contributed by atoms with Crippen LogP contribution in [-0.2, 0) is 9.53 Å². The fourth-order valence-electron chi connectivity index (χ4n) is 3.78. The number of H-pyrrole nitrogens is 1. The average molecular weight is 456 g/mol. The second-order valence-electron chi connectivity index (χ2n) is 7.64. The first-order chi connectivity index (χ1) is 16.6. The lowest BCUT2D eigenvalue weighted by Gasteiger charge is -2.17. The summed E-state index contributed by atoms with van der Waals surface area (Å²) >= 11 is 0. The minimum absolute atomic E-state index is 0.0953. The fourth-order valence-corrected chi connectivity index (χ4v) is 3.78. The van der Waals surface area contributed by atoms with Gasteiger partial charge in [-0.2, -0.15) is 0 Å². The first kappa shape index (κ1) is 21.3. The molecule has 4 aromatic rings. The van der Waals surface area contributed by atoms with Gasteiger partial charge in [-0.3, -0.25) is 14.4 Å². The molecule has 0 saturated carbocycles. The Balaban J connectivity index is 1.31. The monoisotopic (exact) mass is 456 g/mol. The minimum atomic E-state index is -1.16. The molecule has 0 saturated heterocycles. The molecule has 0 spiro atoms. The summed E-state index contributed by atoms with van der Waals surface area (Å²) in [5.74, 6) is -0.564. The number of fused-ring (bicyclic) bond motifs is 2. The van der Waals surface area contributed by atoms with Crippen LogP contribution in [0.5, 0.6) is 11.5 Å². The summed E-state index contributed by atoms with van der Waals surface area (Å²) in [4.78, 5) is 41.6. The highest BCUT2D eigenvalue weighted by Crippen LogP contribution is 2.32. The van der Waals surface area contributed by atoms with Crippen LogP contribution in [0.2, 0.25) is 0 Å². The molecule has 2 heterocycles. The van der Waals surface area contributed by atoms with Crippen molar-refractivity contribution in [3.63, 3.8) is 0 Å². The van der Waals surface area contributed by atoms with Crippen LogP contribution in [0.25, 0.3) is 10.9 Å². The lowest BCUT2D eigenvalue weighted by molar-refractivity contribution is -0.146. The van der Waals surface area contributed by atoms with E-state index in [1.807, 2.05) is 30.3 Å². The fraction of sp³-hybridized carbons (Fsp3) is 0.115. The van der Waals surface area contributed by atoms with Gasteiger partial charge in [-0.05, 0) is 24.3 Å². The van der Waals surface area contributed by atoms with Crippen molar-refractivity contribution in [2.24, 2.45) is 0 Å². The minimum Gasteiger partial charge on any atom is -0.454 e. The molecule has 5 rings (SSSR count). The van der Waals surface area contributed by atoms with Gasteiger partial charge in [0.05, 0.1) is 0 Å². The second kappa shape index (κ2) is 9.11. The third-order valence-electron chi connectivity index (χ3n) is 5.47.